The van der Waals surface area contributed by atoms with Gasteiger partial charge in [-0.2, -0.15) is 0 Å². The highest BCUT2D eigenvalue weighted by molar-refractivity contribution is 5.85. The zero-order valence-corrected chi connectivity index (χ0v) is 9.75. The zero-order chi connectivity index (χ0) is 8.67. The Morgan fingerprint density at radius 1 is 1.27 bits per heavy atom. The maximum Gasteiger partial charge on any atom is 0.137 e. The molecule has 5 heteroatoms. The fourth-order valence-electron chi connectivity index (χ4n) is 1.99. The van der Waals surface area contributed by atoms with E-state index in [0.29, 0.717) is 0 Å². The Morgan fingerprint density at radius 3 is 3.00 bits per heavy atom. The summed E-state index contributed by atoms with van der Waals surface area (Å²) in [5.41, 5.74) is 3.78. The van der Waals surface area contributed by atoms with Crippen molar-refractivity contribution in [1.29, 1.82) is 0 Å². The average Bonchev–Trinajstić information content (AvgIpc) is 2.56. The van der Waals surface area contributed by atoms with Crippen LogP contribution in [0.2, 0.25) is 0 Å². The van der Waals surface area contributed by atoms with E-state index in [0.717, 1.165) is 25.2 Å². The molecule has 0 saturated heterocycles. The van der Waals surface area contributed by atoms with E-state index in [4.69, 9.17) is 0 Å². The summed E-state index contributed by atoms with van der Waals surface area (Å²) in [6.07, 6.45) is 2.94. The first-order valence-electron chi connectivity index (χ1n) is 4.60. The van der Waals surface area contributed by atoms with E-state index < -0.39 is 0 Å². The third-order valence-electron chi connectivity index (χ3n) is 2.62. The molecule has 0 aromatic carbocycles. The SMILES string of the molecule is Cl.Cl.c1cnc2[nH]c3c(c2c1)CCNC3. The number of pyridine rings is 1. The summed E-state index contributed by atoms with van der Waals surface area (Å²) in [4.78, 5) is 7.65. The maximum absolute atomic E-state index is 4.30. The highest BCUT2D eigenvalue weighted by Gasteiger charge is 2.14. The van der Waals surface area contributed by atoms with Crippen LogP contribution in [0.3, 0.4) is 0 Å². The topological polar surface area (TPSA) is 40.7 Å². The largest absolute Gasteiger partial charge is 0.342 e. The first-order chi connectivity index (χ1) is 6.45. The lowest BCUT2D eigenvalue weighted by atomic mass is 10.1. The highest BCUT2D eigenvalue weighted by atomic mass is 35.5. The summed E-state index contributed by atoms with van der Waals surface area (Å²) in [6.45, 7) is 2.03. The lowest BCUT2D eigenvalue weighted by molar-refractivity contribution is 0.637. The zero-order valence-electron chi connectivity index (χ0n) is 8.12. The molecule has 2 aromatic heterocycles. The Bertz CT molecular complexity index is 453. The molecule has 0 aliphatic carbocycles. The number of hydrogen-bond donors (Lipinski definition) is 2. The van der Waals surface area contributed by atoms with Crippen LogP contribution in [0.25, 0.3) is 11.0 Å². The van der Waals surface area contributed by atoms with Crippen molar-refractivity contribution >= 4 is 35.8 Å². The molecular weight excluding hydrogens is 233 g/mol. The monoisotopic (exact) mass is 245 g/mol. The van der Waals surface area contributed by atoms with Crippen LogP contribution in [0.5, 0.6) is 0 Å². The van der Waals surface area contributed by atoms with Crippen molar-refractivity contribution < 1.29 is 0 Å². The summed E-state index contributed by atoms with van der Waals surface area (Å²) in [6, 6.07) is 4.14. The van der Waals surface area contributed by atoms with Gasteiger partial charge in [0.15, 0.2) is 0 Å². The lowest BCUT2D eigenvalue weighted by Gasteiger charge is -2.11. The first kappa shape index (κ1) is 12.3. The van der Waals surface area contributed by atoms with E-state index in [-0.39, 0.29) is 24.8 Å². The van der Waals surface area contributed by atoms with Gasteiger partial charge < -0.3 is 10.3 Å². The van der Waals surface area contributed by atoms with Crippen molar-refractivity contribution in [1.82, 2.24) is 15.3 Å². The molecule has 0 spiro atoms. The number of H-pyrrole nitrogens is 1. The van der Waals surface area contributed by atoms with Crippen LogP contribution in [0.1, 0.15) is 11.3 Å². The van der Waals surface area contributed by atoms with E-state index in [2.05, 4.69) is 21.4 Å². The van der Waals surface area contributed by atoms with Crippen molar-refractivity contribution in [2.75, 3.05) is 6.54 Å². The lowest BCUT2D eigenvalue weighted by Crippen LogP contribution is -2.22. The van der Waals surface area contributed by atoms with Gasteiger partial charge in [-0.3, -0.25) is 0 Å². The molecule has 82 valence electrons. The van der Waals surface area contributed by atoms with Gasteiger partial charge in [0, 0.05) is 23.8 Å². The molecule has 0 saturated carbocycles. The number of aromatic nitrogens is 2. The summed E-state index contributed by atoms with van der Waals surface area (Å²) < 4.78 is 0. The minimum absolute atomic E-state index is 0. The molecule has 1 aliphatic heterocycles. The Balaban J connectivity index is 0.000000562. The van der Waals surface area contributed by atoms with Crippen LogP contribution in [0.4, 0.5) is 0 Å². The molecule has 0 radical (unpaired) electrons. The molecule has 2 aromatic rings. The van der Waals surface area contributed by atoms with Gasteiger partial charge in [0.25, 0.3) is 0 Å². The van der Waals surface area contributed by atoms with Crippen molar-refractivity contribution in [3.63, 3.8) is 0 Å². The number of hydrogen-bond acceptors (Lipinski definition) is 2. The standard InChI is InChI=1S/C10H11N3.2ClH/c1-2-8-7-3-5-11-6-9(7)13-10(8)12-4-1;;/h1-2,4,11H,3,5-6H2,(H,12,13);2*1H. The quantitative estimate of drug-likeness (QED) is 0.746. The van der Waals surface area contributed by atoms with Gasteiger partial charge in [-0.15, -0.1) is 24.8 Å². The number of rotatable bonds is 0. The van der Waals surface area contributed by atoms with E-state index in [9.17, 15) is 0 Å². The van der Waals surface area contributed by atoms with E-state index in [1.807, 2.05) is 12.3 Å². The minimum atomic E-state index is 0. The molecule has 1 aliphatic rings. The third-order valence-corrected chi connectivity index (χ3v) is 2.62. The van der Waals surface area contributed by atoms with E-state index >= 15 is 0 Å². The predicted octanol–water partition coefficient (Wildman–Crippen LogP) is 2.05. The second kappa shape index (κ2) is 4.84. The normalized spacial score (nSPS) is 13.9. The molecule has 2 N–H and O–H groups in total. The van der Waals surface area contributed by atoms with E-state index in [1.165, 1.54) is 16.6 Å². The summed E-state index contributed by atoms with van der Waals surface area (Å²) >= 11 is 0. The van der Waals surface area contributed by atoms with Gasteiger partial charge in [0.1, 0.15) is 5.65 Å². The Hall–Kier alpha value is -0.770. The molecular formula is C10H13Cl2N3. The van der Waals surface area contributed by atoms with Crippen molar-refractivity contribution in [3.05, 3.63) is 29.6 Å². The van der Waals surface area contributed by atoms with Crippen LogP contribution in [0, 0.1) is 0 Å². The second-order valence-electron chi connectivity index (χ2n) is 3.41. The first-order valence-corrected chi connectivity index (χ1v) is 4.60. The van der Waals surface area contributed by atoms with E-state index in [1.54, 1.807) is 0 Å². The highest BCUT2D eigenvalue weighted by Crippen LogP contribution is 2.22. The summed E-state index contributed by atoms with van der Waals surface area (Å²) in [5, 5.41) is 4.63. The molecule has 15 heavy (non-hydrogen) atoms. The van der Waals surface area contributed by atoms with Crippen LogP contribution in [-0.2, 0) is 13.0 Å². The minimum Gasteiger partial charge on any atom is -0.342 e. The molecule has 0 fully saturated rings. The number of aromatic amines is 1. The number of fused-ring (bicyclic) bond motifs is 3. The molecule has 3 heterocycles. The van der Waals surface area contributed by atoms with Crippen molar-refractivity contribution in [3.8, 4) is 0 Å². The smallest absolute Gasteiger partial charge is 0.137 e. The van der Waals surface area contributed by atoms with Gasteiger partial charge >= 0.3 is 0 Å². The van der Waals surface area contributed by atoms with Crippen molar-refractivity contribution in [2.45, 2.75) is 13.0 Å². The maximum atomic E-state index is 4.30. The van der Waals surface area contributed by atoms with Gasteiger partial charge in [-0.25, -0.2) is 4.98 Å². The number of nitrogens with zero attached hydrogens (tertiary/aromatic N) is 1. The fraction of sp³-hybridized carbons (Fsp3) is 0.300. The van der Waals surface area contributed by atoms with Crippen LogP contribution >= 0.6 is 24.8 Å². The number of nitrogens with one attached hydrogen (secondary N) is 2. The van der Waals surface area contributed by atoms with Gasteiger partial charge in [-0.1, -0.05) is 0 Å². The second-order valence-corrected chi connectivity index (χ2v) is 3.41. The summed E-state index contributed by atoms with van der Waals surface area (Å²) in [7, 11) is 0. The summed E-state index contributed by atoms with van der Waals surface area (Å²) in [5.74, 6) is 0. The van der Waals surface area contributed by atoms with Crippen molar-refractivity contribution in [2.24, 2.45) is 0 Å². The molecule has 0 bridgehead atoms. The van der Waals surface area contributed by atoms with Crippen LogP contribution in [0.15, 0.2) is 18.3 Å². The molecule has 3 nitrogen and oxygen atoms in total. The van der Waals surface area contributed by atoms with Crippen LogP contribution < -0.4 is 5.32 Å². The fourth-order valence-corrected chi connectivity index (χ4v) is 1.99. The molecule has 3 rings (SSSR count). The Morgan fingerprint density at radius 2 is 2.13 bits per heavy atom. The number of halogens is 2. The van der Waals surface area contributed by atoms with Crippen LogP contribution in [-0.4, -0.2) is 16.5 Å². The molecule has 0 amide bonds. The predicted molar refractivity (Wildman–Crippen MR) is 66.0 cm³/mol. The molecule has 0 atom stereocenters. The average molecular weight is 246 g/mol. The van der Waals surface area contributed by atoms with Gasteiger partial charge in [0.2, 0.25) is 0 Å². The third kappa shape index (κ3) is 1.95. The van der Waals surface area contributed by atoms with Gasteiger partial charge in [0.05, 0.1) is 0 Å². The van der Waals surface area contributed by atoms with Gasteiger partial charge in [-0.05, 0) is 30.7 Å². The Kier molecular flexibility index (Phi) is 3.97. The Labute approximate surface area is 100 Å². The molecule has 0 unspecified atom stereocenters.